The van der Waals surface area contributed by atoms with Crippen LogP contribution in [0.3, 0.4) is 0 Å². The maximum absolute atomic E-state index is 12.6. The van der Waals surface area contributed by atoms with Crippen molar-refractivity contribution in [1.29, 1.82) is 0 Å². The molecule has 0 radical (unpaired) electrons. The van der Waals surface area contributed by atoms with E-state index in [9.17, 15) is 9.59 Å². The summed E-state index contributed by atoms with van der Waals surface area (Å²) in [5, 5.41) is 5.72. The van der Waals surface area contributed by atoms with E-state index in [4.69, 9.17) is 14.7 Å². The van der Waals surface area contributed by atoms with E-state index in [-0.39, 0.29) is 12.4 Å². The van der Waals surface area contributed by atoms with Gasteiger partial charge < -0.3 is 9.64 Å². The van der Waals surface area contributed by atoms with Gasteiger partial charge >= 0.3 is 0 Å². The Labute approximate surface area is 229 Å². The Bertz CT molecular complexity index is 1470. The van der Waals surface area contributed by atoms with E-state index < -0.39 is 11.8 Å². The highest BCUT2D eigenvalue weighted by molar-refractivity contribution is 7.17. The molecule has 1 aromatic carbocycles. The van der Waals surface area contributed by atoms with Crippen LogP contribution in [-0.2, 0) is 9.59 Å². The van der Waals surface area contributed by atoms with Crippen LogP contribution < -0.4 is 10.2 Å². The van der Waals surface area contributed by atoms with Gasteiger partial charge in [-0.25, -0.2) is 9.97 Å². The molecule has 1 N–H and O–H groups in total. The van der Waals surface area contributed by atoms with Crippen LogP contribution in [0.2, 0.25) is 0 Å². The lowest BCUT2D eigenvalue weighted by Crippen LogP contribution is -2.36. The molecule has 5 rings (SSSR count). The summed E-state index contributed by atoms with van der Waals surface area (Å²) >= 11 is 3.02. The number of nitrogens with zero attached hydrogens (tertiary/aromatic N) is 4. The summed E-state index contributed by atoms with van der Waals surface area (Å²) in [5.41, 5.74) is 5.20. The van der Waals surface area contributed by atoms with Gasteiger partial charge in [-0.2, -0.15) is 5.01 Å². The number of fused-ring (bicyclic) bond motifs is 1. The van der Waals surface area contributed by atoms with E-state index in [1.54, 1.807) is 6.92 Å². The molecule has 2 amide bonds. The molecule has 3 aromatic heterocycles. The first-order chi connectivity index (χ1) is 17.4. The molecule has 0 fully saturated rings. The normalized spacial score (nSPS) is 13.3. The van der Waals surface area contributed by atoms with Crippen LogP contribution in [0.1, 0.15) is 13.3 Å². The minimum absolute atomic E-state index is 0. The first-order valence-electron chi connectivity index (χ1n) is 11.4. The summed E-state index contributed by atoms with van der Waals surface area (Å²) in [7, 11) is 4.08. The number of hydrazine groups is 1. The molecular weight excluding hydrogens is 530 g/mol. The highest BCUT2D eigenvalue weighted by atomic mass is 35.5. The number of hydrogen-bond donors (Lipinski definition) is 1. The van der Waals surface area contributed by atoms with Crippen molar-refractivity contribution < 1.29 is 14.3 Å². The SMILES string of the molecule is CC1=CC(=O)N(Nc2nc(-c3cccs3)nc3scc(-c4cccc(OCCCN(C)C)c4)c23)C1=O.Cl. The van der Waals surface area contributed by atoms with Gasteiger partial charge in [-0.1, -0.05) is 18.2 Å². The van der Waals surface area contributed by atoms with Crippen LogP contribution in [0.15, 0.2) is 58.8 Å². The Balaban J connectivity index is 0.00000320. The average Bonchev–Trinajstić information content (AvgIpc) is 3.59. The Morgan fingerprint density at radius 1 is 1.11 bits per heavy atom. The summed E-state index contributed by atoms with van der Waals surface area (Å²) in [6.45, 7) is 3.20. The molecule has 8 nitrogen and oxygen atoms in total. The van der Waals surface area contributed by atoms with Crippen molar-refractivity contribution in [2.24, 2.45) is 0 Å². The maximum atomic E-state index is 12.6. The number of halogens is 1. The molecule has 0 saturated carbocycles. The van der Waals surface area contributed by atoms with Crippen LogP contribution in [0.4, 0.5) is 5.82 Å². The summed E-state index contributed by atoms with van der Waals surface area (Å²) in [5.74, 6) is 0.902. The van der Waals surface area contributed by atoms with Crippen LogP contribution in [0.5, 0.6) is 5.75 Å². The third-order valence-electron chi connectivity index (χ3n) is 5.66. The van der Waals surface area contributed by atoms with Crippen LogP contribution in [-0.4, -0.2) is 58.9 Å². The van der Waals surface area contributed by atoms with E-state index in [1.165, 1.54) is 28.7 Å². The van der Waals surface area contributed by atoms with Crippen molar-refractivity contribution in [3.63, 3.8) is 0 Å². The van der Waals surface area contributed by atoms with Gasteiger partial charge in [-0.05, 0) is 56.6 Å². The molecule has 0 atom stereocenters. The number of amides is 2. The Morgan fingerprint density at radius 3 is 2.65 bits per heavy atom. The number of carbonyl (C=O) groups excluding carboxylic acids is 2. The molecular formula is C26H26ClN5O3S2. The van der Waals surface area contributed by atoms with Crippen molar-refractivity contribution in [2.45, 2.75) is 13.3 Å². The first kappa shape index (κ1) is 26.7. The summed E-state index contributed by atoms with van der Waals surface area (Å²) in [4.78, 5) is 38.4. The second kappa shape index (κ2) is 11.4. The molecule has 37 heavy (non-hydrogen) atoms. The fourth-order valence-electron chi connectivity index (χ4n) is 3.88. The van der Waals surface area contributed by atoms with Gasteiger partial charge in [-0.15, -0.1) is 35.1 Å². The highest BCUT2D eigenvalue weighted by Gasteiger charge is 2.30. The standard InChI is InChI=1S/C26H25N5O3S2.ClH/c1-16-13-21(32)31(26(16)33)29-24-22-19(15-36-25(22)28-23(27-24)20-9-5-12-35-20)17-7-4-8-18(14-17)34-11-6-10-30(2)3;/h4-5,7-9,12-15H,6,10-11H2,1-3H3,(H,27,28,29);1H. The molecule has 4 aromatic rings. The largest absolute Gasteiger partial charge is 0.494 e. The Morgan fingerprint density at radius 2 is 1.95 bits per heavy atom. The molecule has 0 aliphatic carbocycles. The van der Waals surface area contributed by atoms with Gasteiger partial charge in [0.1, 0.15) is 10.6 Å². The number of ether oxygens (including phenoxy) is 1. The average molecular weight is 556 g/mol. The lowest BCUT2D eigenvalue weighted by atomic mass is 10.1. The Kier molecular flexibility index (Phi) is 8.23. The molecule has 0 unspecified atom stereocenters. The predicted octanol–water partition coefficient (Wildman–Crippen LogP) is 5.48. The number of rotatable bonds is 9. The number of carbonyl (C=O) groups is 2. The van der Waals surface area contributed by atoms with Gasteiger partial charge in [0.15, 0.2) is 11.6 Å². The van der Waals surface area contributed by atoms with Crippen molar-refractivity contribution in [1.82, 2.24) is 19.9 Å². The topological polar surface area (TPSA) is 87.7 Å². The number of hydrogen-bond acceptors (Lipinski definition) is 9. The number of thiophene rings is 2. The highest BCUT2D eigenvalue weighted by Crippen LogP contribution is 2.40. The lowest BCUT2D eigenvalue weighted by Gasteiger charge is -2.18. The minimum atomic E-state index is -0.424. The van der Waals surface area contributed by atoms with Crippen molar-refractivity contribution in [2.75, 3.05) is 32.7 Å². The van der Waals surface area contributed by atoms with Crippen LogP contribution >= 0.6 is 35.1 Å². The summed E-state index contributed by atoms with van der Waals surface area (Å²) in [6.07, 6.45) is 2.25. The fraction of sp³-hybridized carbons (Fsp3) is 0.231. The molecule has 1 aliphatic heterocycles. The Hall–Kier alpha value is -3.31. The van der Waals surface area contributed by atoms with E-state index >= 15 is 0 Å². The van der Waals surface area contributed by atoms with Crippen molar-refractivity contribution >= 4 is 62.9 Å². The van der Waals surface area contributed by atoms with E-state index in [2.05, 4.69) is 10.3 Å². The number of imide groups is 1. The third kappa shape index (κ3) is 5.67. The zero-order chi connectivity index (χ0) is 25.2. The molecule has 4 heterocycles. The molecule has 0 spiro atoms. The van der Waals surface area contributed by atoms with E-state index in [0.717, 1.165) is 49.9 Å². The lowest BCUT2D eigenvalue weighted by molar-refractivity contribution is -0.135. The zero-order valence-electron chi connectivity index (χ0n) is 20.6. The van der Waals surface area contributed by atoms with Gasteiger partial charge in [0, 0.05) is 29.1 Å². The predicted molar refractivity (Wildman–Crippen MR) is 151 cm³/mol. The first-order valence-corrected chi connectivity index (χ1v) is 13.2. The monoisotopic (exact) mass is 555 g/mol. The number of anilines is 1. The van der Waals surface area contributed by atoms with Gasteiger partial charge in [0.05, 0.1) is 16.9 Å². The molecule has 11 heteroatoms. The quantitative estimate of drug-likeness (QED) is 0.216. The number of aromatic nitrogens is 2. The van der Waals surface area contributed by atoms with E-state index in [1.807, 2.05) is 61.3 Å². The fourth-order valence-corrected chi connectivity index (χ4v) is 5.48. The van der Waals surface area contributed by atoms with Crippen LogP contribution in [0.25, 0.3) is 32.0 Å². The number of nitrogens with one attached hydrogen (secondary N) is 1. The third-order valence-corrected chi connectivity index (χ3v) is 7.40. The second-order valence-corrected chi connectivity index (χ2v) is 10.5. The molecule has 0 bridgehead atoms. The minimum Gasteiger partial charge on any atom is -0.494 e. The van der Waals surface area contributed by atoms with Crippen molar-refractivity contribution in [3.8, 4) is 27.6 Å². The summed E-state index contributed by atoms with van der Waals surface area (Å²) < 4.78 is 5.98. The van der Waals surface area contributed by atoms with Gasteiger partial charge in [-0.3, -0.25) is 15.0 Å². The van der Waals surface area contributed by atoms with E-state index in [0.29, 0.717) is 23.8 Å². The van der Waals surface area contributed by atoms with Gasteiger partial charge in [0.25, 0.3) is 11.8 Å². The number of benzene rings is 1. The molecule has 192 valence electrons. The maximum Gasteiger partial charge on any atom is 0.275 e. The second-order valence-electron chi connectivity index (χ2n) is 8.65. The van der Waals surface area contributed by atoms with Crippen LogP contribution in [0, 0.1) is 0 Å². The van der Waals surface area contributed by atoms with Gasteiger partial charge in [0.2, 0.25) is 0 Å². The van der Waals surface area contributed by atoms with Crippen molar-refractivity contribution in [3.05, 3.63) is 58.8 Å². The molecule has 0 saturated heterocycles. The zero-order valence-corrected chi connectivity index (χ0v) is 23.0. The smallest absolute Gasteiger partial charge is 0.275 e. The molecule has 1 aliphatic rings. The summed E-state index contributed by atoms with van der Waals surface area (Å²) in [6, 6.07) is 11.8.